The second-order valence-electron chi connectivity index (χ2n) is 7.54. The summed E-state index contributed by atoms with van der Waals surface area (Å²) in [4.78, 5) is 11.4. The van der Waals surface area contributed by atoms with E-state index >= 15 is 0 Å². The van der Waals surface area contributed by atoms with Gasteiger partial charge in [-0.25, -0.2) is 9.97 Å². The molecule has 3 fully saturated rings. The molecule has 4 rings (SSSR count). The van der Waals surface area contributed by atoms with E-state index in [2.05, 4.69) is 33.2 Å². The number of nitrogens with one attached hydrogen (secondary N) is 1. The minimum absolute atomic E-state index is 0.714. The van der Waals surface area contributed by atoms with E-state index in [4.69, 9.17) is 0 Å². The number of aryl methyl sites for hydroxylation is 2. The Hall–Kier alpha value is -1.16. The Balaban J connectivity index is 1.33. The van der Waals surface area contributed by atoms with Crippen molar-refractivity contribution in [3.8, 4) is 0 Å². The van der Waals surface area contributed by atoms with Gasteiger partial charge in [0.15, 0.2) is 0 Å². The monoisotopic (exact) mass is 300 g/mol. The first-order valence-corrected chi connectivity index (χ1v) is 9.02. The highest BCUT2D eigenvalue weighted by molar-refractivity contribution is 5.40. The Morgan fingerprint density at radius 3 is 2.18 bits per heavy atom. The van der Waals surface area contributed by atoms with Crippen LogP contribution in [0.2, 0.25) is 0 Å². The Kier molecular flexibility index (Phi) is 3.81. The lowest BCUT2D eigenvalue weighted by atomic mass is 10.00. The van der Waals surface area contributed by atoms with Gasteiger partial charge in [-0.3, -0.25) is 0 Å². The first-order valence-electron chi connectivity index (χ1n) is 9.02. The Bertz CT molecular complexity index is 496. The van der Waals surface area contributed by atoms with Crippen molar-refractivity contribution in [2.75, 3.05) is 18.0 Å². The predicted molar refractivity (Wildman–Crippen MR) is 89.1 cm³/mol. The summed E-state index contributed by atoms with van der Waals surface area (Å²) in [7, 11) is 0. The van der Waals surface area contributed by atoms with Crippen LogP contribution < -0.4 is 10.2 Å². The van der Waals surface area contributed by atoms with E-state index in [0.717, 1.165) is 48.3 Å². The molecular weight excluding hydrogens is 272 g/mol. The van der Waals surface area contributed by atoms with Crippen LogP contribution in [-0.4, -0.2) is 35.1 Å². The maximum Gasteiger partial charge on any atom is 0.132 e. The molecule has 0 atom stereocenters. The molecule has 1 N–H and O–H groups in total. The third kappa shape index (κ3) is 3.27. The zero-order chi connectivity index (χ0) is 15.1. The molecule has 2 aliphatic carbocycles. The molecule has 1 aromatic heterocycles. The number of rotatable bonds is 5. The lowest BCUT2D eigenvalue weighted by Gasteiger charge is -2.35. The van der Waals surface area contributed by atoms with Gasteiger partial charge in [-0.15, -0.1) is 0 Å². The molecule has 0 spiro atoms. The predicted octanol–water partition coefficient (Wildman–Crippen LogP) is 2.84. The van der Waals surface area contributed by atoms with Crippen LogP contribution in [0, 0.1) is 25.7 Å². The Morgan fingerprint density at radius 1 is 1.00 bits per heavy atom. The fourth-order valence-corrected chi connectivity index (χ4v) is 3.97. The molecule has 1 saturated heterocycles. The van der Waals surface area contributed by atoms with Crippen molar-refractivity contribution >= 4 is 5.82 Å². The summed E-state index contributed by atoms with van der Waals surface area (Å²) >= 11 is 0. The van der Waals surface area contributed by atoms with Gasteiger partial charge in [-0.05, 0) is 64.2 Å². The number of piperidine rings is 1. The summed E-state index contributed by atoms with van der Waals surface area (Å²) in [6.07, 6.45) is 8.36. The maximum atomic E-state index is 4.61. The van der Waals surface area contributed by atoms with Crippen molar-refractivity contribution in [2.24, 2.45) is 11.8 Å². The summed E-state index contributed by atoms with van der Waals surface area (Å²) < 4.78 is 0. The summed E-state index contributed by atoms with van der Waals surface area (Å²) in [5.41, 5.74) is 1.07. The van der Waals surface area contributed by atoms with Gasteiger partial charge < -0.3 is 10.2 Å². The lowest BCUT2D eigenvalue weighted by Crippen LogP contribution is -2.48. The van der Waals surface area contributed by atoms with Gasteiger partial charge in [0.2, 0.25) is 0 Å². The second kappa shape index (κ2) is 5.80. The zero-order valence-electron chi connectivity index (χ0n) is 13.9. The van der Waals surface area contributed by atoms with Crippen LogP contribution in [0.25, 0.3) is 0 Å². The third-order valence-electron chi connectivity index (χ3n) is 5.46. The molecule has 22 heavy (non-hydrogen) atoms. The fraction of sp³-hybridized carbons (Fsp3) is 0.778. The Labute approximate surface area is 133 Å². The molecular formula is C18H28N4. The number of anilines is 1. The van der Waals surface area contributed by atoms with Crippen LogP contribution in [0.5, 0.6) is 0 Å². The first kappa shape index (κ1) is 14.4. The van der Waals surface area contributed by atoms with Crippen molar-refractivity contribution in [3.05, 3.63) is 17.6 Å². The van der Waals surface area contributed by atoms with Crippen LogP contribution in [0.3, 0.4) is 0 Å². The van der Waals surface area contributed by atoms with Crippen LogP contribution >= 0.6 is 0 Å². The second-order valence-corrected chi connectivity index (χ2v) is 7.54. The summed E-state index contributed by atoms with van der Waals surface area (Å²) in [5, 5.41) is 4.02. The molecule has 2 heterocycles. The van der Waals surface area contributed by atoms with Gasteiger partial charge in [-0.1, -0.05) is 0 Å². The quantitative estimate of drug-likeness (QED) is 0.908. The number of nitrogens with zero attached hydrogens (tertiary/aromatic N) is 3. The van der Waals surface area contributed by atoms with Crippen molar-refractivity contribution in [1.29, 1.82) is 0 Å². The summed E-state index contributed by atoms with van der Waals surface area (Å²) in [5.74, 6) is 4.00. The van der Waals surface area contributed by atoms with E-state index < -0.39 is 0 Å². The molecule has 0 bridgehead atoms. The summed E-state index contributed by atoms with van der Waals surface area (Å²) in [6, 6.07) is 3.67. The maximum absolute atomic E-state index is 4.61. The molecule has 0 radical (unpaired) electrons. The smallest absolute Gasteiger partial charge is 0.132 e. The number of hydrogen-bond donors (Lipinski definition) is 1. The zero-order valence-corrected chi connectivity index (χ0v) is 13.9. The highest BCUT2D eigenvalue weighted by Gasteiger charge is 2.42. The molecule has 1 aliphatic heterocycles. The van der Waals surface area contributed by atoms with E-state index in [1.165, 1.54) is 38.5 Å². The lowest BCUT2D eigenvalue weighted by molar-refractivity contribution is 0.322. The van der Waals surface area contributed by atoms with Crippen molar-refractivity contribution < 1.29 is 0 Å². The van der Waals surface area contributed by atoms with Gasteiger partial charge >= 0.3 is 0 Å². The first-order chi connectivity index (χ1) is 10.7. The highest BCUT2D eigenvalue weighted by atomic mass is 15.2. The van der Waals surface area contributed by atoms with Crippen LogP contribution in [0.1, 0.15) is 50.0 Å². The minimum Gasteiger partial charge on any atom is -0.356 e. The van der Waals surface area contributed by atoms with E-state index in [-0.39, 0.29) is 0 Å². The SMILES string of the molecule is Cc1cc(N2CCC(NC(C3CC3)C3CC3)CC2)nc(C)n1. The minimum atomic E-state index is 0.714. The van der Waals surface area contributed by atoms with Gasteiger partial charge in [0.25, 0.3) is 0 Å². The van der Waals surface area contributed by atoms with Gasteiger partial charge in [0.1, 0.15) is 11.6 Å². The van der Waals surface area contributed by atoms with Crippen LogP contribution in [0.4, 0.5) is 5.82 Å². The van der Waals surface area contributed by atoms with E-state index in [9.17, 15) is 0 Å². The molecule has 1 aromatic rings. The standard InChI is InChI=1S/C18H28N4/c1-12-11-17(20-13(2)19-12)22-9-7-16(8-10-22)21-18(14-3-4-14)15-5-6-15/h11,14-16,18,21H,3-10H2,1-2H3. The molecule has 120 valence electrons. The highest BCUT2D eigenvalue weighted by Crippen LogP contribution is 2.45. The average Bonchev–Trinajstić information content (AvgIpc) is 3.38. The molecule has 3 aliphatic rings. The molecule has 4 heteroatoms. The number of aromatic nitrogens is 2. The largest absolute Gasteiger partial charge is 0.356 e. The van der Waals surface area contributed by atoms with Crippen LogP contribution in [0.15, 0.2) is 6.07 Å². The molecule has 2 saturated carbocycles. The molecule has 0 aromatic carbocycles. The van der Waals surface area contributed by atoms with Gasteiger partial charge in [-0.2, -0.15) is 0 Å². The van der Waals surface area contributed by atoms with E-state index in [1.54, 1.807) is 0 Å². The molecule has 0 unspecified atom stereocenters. The summed E-state index contributed by atoms with van der Waals surface area (Å²) in [6.45, 7) is 6.29. The van der Waals surface area contributed by atoms with Crippen molar-refractivity contribution in [1.82, 2.24) is 15.3 Å². The van der Waals surface area contributed by atoms with Gasteiger partial charge in [0.05, 0.1) is 0 Å². The molecule has 0 amide bonds. The molecule has 4 nitrogen and oxygen atoms in total. The third-order valence-corrected chi connectivity index (χ3v) is 5.46. The fourth-order valence-electron chi connectivity index (χ4n) is 3.97. The topological polar surface area (TPSA) is 41.0 Å². The van der Waals surface area contributed by atoms with Crippen molar-refractivity contribution in [2.45, 2.75) is 64.5 Å². The average molecular weight is 300 g/mol. The van der Waals surface area contributed by atoms with Crippen molar-refractivity contribution in [3.63, 3.8) is 0 Å². The van der Waals surface area contributed by atoms with Gasteiger partial charge in [0, 0.05) is 36.9 Å². The van der Waals surface area contributed by atoms with E-state index in [1.807, 2.05) is 6.92 Å². The van der Waals surface area contributed by atoms with Crippen LogP contribution in [-0.2, 0) is 0 Å². The number of hydrogen-bond acceptors (Lipinski definition) is 4. The van der Waals surface area contributed by atoms with E-state index in [0.29, 0.717) is 6.04 Å². The normalized spacial score (nSPS) is 23.3. The Morgan fingerprint density at radius 2 is 1.64 bits per heavy atom.